The summed E-state index contributed by atoms with van der Waals surface area (Å²) >= 11 is 6.52. The Morgan fingerprint density at radius 1 is 1.47 bits per heavy atom. The number of hydrogen-bond donors (Lipinski definition) is 2. The lowest BCUT2D eigenvalue weighted by Crippen LogP contribution is -2.12. The molecule has 0 bridgehead atoms. The maximum Gasteiger partial charge on any atom is 0.218 e. The van der Waals surface area contributed by atoms with Crippen LogP contribution in [0.15, 0.2) is 24.3 Å². The number of nitrogens with one attached hydrogen (secondary N) is 1. The fraction of sp³-hybridized carbons (Fsp3) is 0.273. The van der Waals surface area contributed by atoms with E-state index in [9.17, 15) is 4.79 Å². The van der Waals surface area contributed by atoms with Crippen LogP contribution in [0.1, 0.15) is 6.42 Å². The molecule has 0 atom stereocenters. The number of hydrogen-bond acceptors (Lipinski definition) is 4. The zero-order valence-corrected chi connectivity index (χ0v) is 11.1. The molecule has 0 heterocycles. The van der Waals surface area contributed by atoms with Crippen LogP contribution in [-0.2, 0) is 4.79 Å². The van der Waals surface area contributed by atoms with Gasteiger partial charge in [-0.2, -0.15) is 0 Å². The summed E-state index contributed by atoms with van der Waals surface area (Å²) in [5.41, 5.74) is 5.92. The van der Waals surface area contributed by atoms with E-state index in [1.54, 1.807) is 7.11 Å². The monoisotopic (exact) mass is 270 g/mol. The molecule has 0 unspecified atom stereocenters. The normalized spacial score (nSPS) is 9.71. The summed E-state index contributed by atoms with van der Waals surface area (Å²) in [6.07, 6.45) is 0.328. The van der Waals surface area contributed by atoms with Crippen LogP contribution in [0.4, 0.5) is 5.69 Å². The van der Waals surface area contributed by atoms with Crippen LogP contribution in [0.25, 0.3) is 0 Å². The highest BCUT2D eigenvalue weighted by atomic mass is 32.2. The zero-order chi connectivity index (χ0) is 12.7. The van der Waals surface area contributed by atoms with Crippen molar-refractivity contribution >= 4 is 39.9 Å². The second-order valence-corrected chi connectivity index (χ2v) is 4.98. The minimum Gasteiger partial charge on any atom is -0.497 e. The van der Waals surface area contributed by atoms with Crippen molar-refractivity contribution in [2.45, 2.75) is 6.42 Å². The third-order valence-corrected chi connectivity index (χ3v) is 3.15. The molecule has 92 valence electrons. The summed E-state index contributed by atoms with van der Waals surface area (Å²) in [6, 6.07) is 7.44. The fourth-order valence-electron chi connectivity index (χ4n) is 1.07. The molecule has 0 aromatic heterocycles. The lowest BCUT2D eigenvalue weighted by Gasteiger charge is -2.07. The van der Waals surface area contributed by atoms with Gasteiger partial charge in [0.25, 0.3) is 0 Å². The van der Waals surface area contributed by atoms with Gasteiger partial charge < -0.3 is 15.8 Å². The molecule has 1 aromatic rings. The Morgan fingerprint density at radius 3 is 2.65 bits per heavy atom. The van der Waals surface area contributed by atoms with Gasteiger partial charge in [-0.25, -0.2) is 0 Å². The fourth-order valence-corrected chi connectivity index (χ4v) is 2.12. The molecule has 0 saturated heterocycles. The lowest BCUT2D eigenvalue weighted by atomic mass is 10.3. The van der Waals surface area contributed by atoms with Crippen molar-refractivity contribution in [1.82, 2.24) is 0 Å². The first kappa shape index (κ1) is 13.8. The van der Waals surface area contributed by atoms with E-state index in [1.807, 2.05) is 24.3 Å². The summed E-state index contributed by atoms with van der Waals surface area (Å²) in [4.78, 5) is 10.5. The highest BCUT2D eigenvalue weighted by molar-refractivity contribution is 8.23. The van der Waals surface area contributed by atoms with E-state index in [4.69, 9.17) is 22.7 Å². The average Bonchev–Trinajstić information content (AvgIpc) is 2.29. The minimum absolute atomic E-state index is 0.315. The molecule has 1 aromatic carbocycles. The van der Waals surface area contributed by atoms with Gasteiger partial charge in [-0.1, -0.05) is 24.0 Å². The SMILES string of the molecule is COc1ccc(NC(=S)SCCC(N)=O)cc1. The molecule has 4 nitrogen and oxygen atoms in total. The Balaban J connectivity index is 2.37. The first-order valence-electron chi connectivity index (χ1n) is 4.98. The predicted molar refractivity (Wildman–Crippen MR) is 75.5 cm³/mol. The second kappa shape index (κ2) is 7.13. The number of benzene rings is 1. The number of carbonyl (C=O) groups is 1. The Labute approximate surface area is 110 Å². The molecule has 0 radical (unpaired) electrons. The third-order valence-electron chi connectivity index (χ3n) is 1.92. The highest BCUT2D eigenvalue weighted by Crippen LogP contribution is 2.17. The Kier molecular flexibility index (Phi) is 5.79. The standard InChI is InChI=1S/C11H14N2O2S2/c1-15-9-4-2-8(3-5-9)13-11(16)17-7-6-10(12)14/h2-5H,6-7H2,1H3,(H2,12,14)(H,13,16). The minimum atomic E-state index is -0.315. The van der Waals surface area contributed by atoms with E-state index in [0.717, 1.165) is 11.4 Å². The molecular weight excluding hydrogens is 256 g/mol. The van der Waals surface area contributed by atoms with Crippen LogP contribution in [-0.4, -0.2) is 23.1 Å². The number of amides is 1. The first-order chi connectivity index (χ1) is 8.11. The summed E-state index contributed by atoms with van der Waals surface area (Å²) in [6.45, 7) is 0. The first-order valence-corrected chi connectivity index (χ1v) is 6.37. The average molecular weight is 270 g/mol. The molecule has 1 rings (SSSR count). The zero-order valence-electron chi connectivity index (χ0n) is 9.43. The van der Waals surface area contributed by atoms with Crippen molar-refractivity contribution in [3.63, 3.8) is 0 Å². The van der Waals surface area contributed by atoms with E-state index < -0.39 is 0 Å². The van der Waals surface area contributed by atoms with Crippen LogP contribution in [0.3, 0.4) is 0 Å². The number of carbonyl (C=O) groups excluding carboxylic acids is 1. The van der Waals surface area contributed by atoms with Crippen molar-refractivity contribution in [3.8, 4) is 5.75 Å². The number of anilines is 1. The summed E-state index contributed by atoms with van der Waals surface area (Å²) < 4.78 is 5.67. The molecule has 0 aliphatic carbocycles. The number of primary amides is 1. The van der Waals surface area contributed by atoms with Crippen molar-refractivity contribution in [1.29, 1.82) is 0 Å². The molecule has 0 aliphatic heterocycles. The van der Waals surface area contributed by atoms with Crippen LogP contribution >= 0.6 is 24.0 Å². The number of thiocarbonyl (C=S) groups is 1. The smallest absolute Gasteiger partial charge is 0.218 e. The molecular formula is C11H14N2O2S2. The van der Waals surface area contributed by atoms with Gasteiger partial charge in [-0.15, -0.1) is 0 Å². The van der Waals surface area contributed by atoms with Gasteiger partial charge in [0.2, 0.25) is 5.91 Å². The van der Waals surface area contributed by atoms with E-state index >= 15 is 0 Å². The van der Waals surface area contributed by atoms with Crippen molar-refractivity contribution in [3.05, 3.63) is 24.3 Å². The van der Waals surface area contributed by atoms with E-state index in [2.05, 4.69) is 5.32 Å². The van der Waals surface area contributed by atoms with Crippen LogP contribution in [0.5, 0.6) is 5.75 Å². The quantitative estimate of drug-likeness (QED) is 0.801. The molecule has 0 saturated carbocycles. The van der Waals surface area contributed by atoms with Crippen LogP contribution < -0.4 is 15.8 Å². The maximum atomic E-state index is 10.5. The number of methoxy groups -OCH3 is 1. The molecule has 1 amide bonds. The van der Waals surface area contributed by atoms with Gasteiger partial charge in [0, 0.05) is 17.9 Å². The second-order valence-electron chi connectivity index (χ2n) is 3.21. The molecule has 0 aliphatic rings. The van der Waals surface area contributed by atoms with E-state index in [1.165, 1.54) is 11.8 Å². The predicted octanol–water partition coefficient (Wildman–Crippen LogP) is 2.00. The summed E-state index contributed by atoms with van der Waals surface area (Å²) in [7, 11) is 1.62. The van der Waals surface area contributed by atoms with Crippen molar-refractivity contribution in [2.24, 2.45) is 5.73 Å². The van der Waals surface area contributed by atoms with Crippen LogP contribution in [0, 0.1) is 0 Å². The topological polar surface area (TPSA) is 64.3 Å². The van der Waals surface area contributed by atoms with Crippen molar-refractivity contribution in [2.75, 3.05) is 18.2 Å². The molecule has 6 heteroatoms. The molecule has 0 spiro atoms. The largest absolute Gasteiger partial charge is 0.497 e. The number of rotatable bonds is 5. The van der Waals surface area contributed by atoms with Gasteiger partial charge in [0.05, 0.1) is 7.11 Å². The van der Waals surface area contributed by atoms with E-state index in [0.29, 0.717) is 16.5 Å². The summed E-state index contributed by atoms with van der Waals surface area (Å²) in [5, 5.41) is 3.05. The highest BCUT2D eigenvalue weighted by Gasteiger charge is 2.01. The summed E-state index contributed by atoms with van der Waals surface area (Å²) in [5.74, 6) is 1.07. The van der Waals surface area contributed by atoms with Gasteiger partial charge in [-0.3, -0.25) is 4.79 Å². The van der Waals surface area contributed by atoms with Gasteiger partial charge >= 0.3 is 0 Å². The van der Waals surface area contributed by atoms with Gasteiger partial charge in [-0.05, 0) is 24.3 Å². The van der Waals surface area contributed by atoms with Gasteiger partial charge in [0.1, 0.15) is 10.1 Å². The van der Waals surface area contributed by atoms with Crippen molar-refractivity contribution < 1.29 is 9.53 Å². The molecule has 3 N–H and O–H groups in total. The Morgan fingerprint density at radius 2 is 2.12 bits per heavy atom. The lowest BCUT2D eigenvalue weighted by molar-refractivity contribution is -0.117. The maximum absolute atomic E-state index is 10.5. The van der Waals surface area contributed by atoms with E-state index in [-0.39, 0.29) is 5.91 Å². The number of thioether (sulfide) groups is 1. The Bertz CT molecular complexity index is 393. The third kappa shape index (κ3) is 5.55. The van der Waals surface area contributed by atoms with Gasteiger partial charge in [0.15, 0.2) is 0 Å². The molecule has 0 fully saturated rings. The number of ether oxygens (including phenoxy) is 1. The molecule has 17 heavy (non-hydrogen) atoms. The van der Waals surface area contributed by atoms with Crippen LogP contribution in [0.2, 0.25) is 0 Å². The number of nitrogens with two attached hydrogens (primary N) is 1. The Hall–Kier alpha value is -1.27.